The second-order valence-corrected chi connectivity index (χ2v) is 7.90. The molecule has 1 fully saturated rings. The van der Waals surface area contributed by atoms with Crippen molar-refractivity contribution in [2.75, 3.05) is 18.8 Å². The van der Waals surface area contributed by atoms with Gasteiger partial charge in [-0.25, -0.2) is 14.4 Å². The van der Waals surface area contributed by atoms with Gasteiger partial charge in [0.2, 0.25) is 0 Å². The van der Waals surface area contributed by atoms with Crippen molar-refractivity contribution in [2.45, 2.75) is 25.4 Å². The fourth-order valence-electron chi connectivity index (χ4n) is 3.64. The molecule has 0 saturated carbocycles. The summed E-state index contributed by atoms with van der Waals surface area (Å²) >= 11 is 0. The highest BCUT2D eigenvalue weighted by molar-refractivity contribution is 5.97. The first kappa shape index (κ1) is 22.3. The number of nitrogen functional groups attached to an aromatic ring is 1. The molecule has 0 spiro atoms. The van der Waals surface area contributed by atoms with Crippen molar-refractivity contribution in [3.63, 3.8) is 0 Å². The quantitative estimate of drug-likeness (QED) is 0.459. The summed E-state index contributed by atoms with van der Waals surface area (Å²) in [6.07, 6.45) is 3.35. The molecule has 33 heavy (non-hydrogen) atoms. The molecular weight excluding hydrogens is 423 g/mol. The van der Waals surface area contributed by atoms with Crippen LogP contribution in [0, 0.1) is 5.82 Å². The first-order chi connectivity index (χ1) is 16.0. The average molecular weight is 449 g/mol. The van der Waals surface area contributed by atoms with E-state index >= 15 is 0 Å². The van der Waals surface area contributed by atoms with E-state index in [-0.39, 0.29) is 41.7 Å². The molecule has 2 aromatic carbocycles. The minimum absolute atomic E-state index is 0.0178. The van der Waals surface area contributed by atoms with Gasteiger partial charge < -0.3 is 21.7 Å². The van der Waals surface area contributed by atoms with Gasteiger partial charge in [-0.1, -0.05) is 24.3 Å². The summed E-state index contributed by atoms with van der Waals surface area (Å²) in [7, 11) is 0. The van der Waals surface area contributed by atoms with Crippen molar-refractivity contribution in [1.82, 2.24) is 25.9 Å². The minimum Gasteiger partial charge on any atom is -0.382 e. The zero-order valence-corrected chi connectivity index (χ0v) is 18.0. The Bertz CT molecular complexity index is 1150. The van der Waals surface area contributed by atoms with Crippen molar-refractivity contribution >= 4 is 17.6 Å². The highest BCUT2D eigenvalue weighted by Gasteiger charge is 2.20. The lowest BCUT2D eigenvalue weighted by atomic mass is 10.1. The zero-order valence-electron chi connectivity index (χ0n) is 18.0. The molecule has 1 aliphatic rings. The number of carbonyl (C=O) groups is 2. The maximum atomic E-state index is 13.0. The van der Waals surface area contributed by atoms with Crippen molar-refractivity contribution in [3.8, 4) is 11.3 Å². The molecule has 1 aromatic heterocycles. The van der Waals surface area contributed by atoms with Crippen molar-refractivity contribution in [3.05, 3.63) is 77.4 Å². The van der Waals surface area contributed by atoms with Gasteiger partial charge in [0.1, 0.15) is 5.82 Å². The number of nitrogens with zero attached hydrogens (tertiary/aromatic N) is 2. The predicted octanol–water partition coefficient (Wildman–Crippen LogP) is 2.28. The Morgan fingerprint density at radius 2 is 1.97 bits per heavy atom. The Labute approximate surface area is 190 Å². The van der Waals surface area contributed by atoms with Gasteiger partial charge in [0.05, 0.1) is 11.9 Å². The van der Waals surface area contributed by atoms with Crippen molar-refractivity contribution in [2.24, 2.45) is 0 Å². The van der Waals surface area contributed by atoms with Crippen LogP contribution in [0.25, 0.3) is 11.3 Å². The van der Waals surface area contributed by atoms with Gasteiger partial charge in [0, 0.05) is 30.3 Å². The third-order valence-corrected chi connectivity index (χ3v) is 5.43. The van der Waals surface area contributed by atoms with E-state index in [1.165, 1.54) is 18.3 Å². The van der Waals surface area contributed by atoms with Crippen LogP contribution in [0.5, 0.6) is 0 Å². The first-order valence-corrected chi connectivity index (χ1v) is 10.8. The van der Waals surface area contributed by atoms with Crippen LogP contribution in [0.15, 0.2) is 54.7 Å². The second kappa shape index (κ2) is 10.2. The number of aromatic nitrogens is 2. The molecule has 1 atom stereocenters. The summed E-state index contributed by atoms with van der Waals surface area (Å²) in [4.78, 5) is 33.9. The van der Waals surface area contributed by atoms with Crippen molar-refractivity contribution in [1.29, 1.82) is 0 Å². The Morgan fingerprint density at radius 1 is 1.15 bits per heavy atom. The lowest BCUT2D eigenvalue weighted by Gasteiger charge is -2.23. The van der Waals surface area contributed by atoms with Crippen LogP contribution >= 0.6 is 0 Å². The highest BCUT2D eigenvalue weighted by Crippen LogP contribution is 2.20. The SMILES string of the molecule is Nc1ncc(-c2cccc(C(=O)NCc3ccc(F)cc3)c2)nc1C(=O)NC1CCCNC1. The third-order valence-electron chi connectivity index (χ3n) is 5.43. The fraction of sp³-hybridized carbons (Fsp3) is 0.250. The molecule has 0 aliphatic carbocycles. The second-order valence-electron chi connectivity index (χ2n) is 7.90. The topological polar surface area (TPSA) is 122 Å². The summed E-state index contributed by atoms with van der Waals surface area (Å²) < 4.78 is 13.0. The van der Waals surface area contributed by atoms with E-state index < -0.39 is 0 Å². The maximum absolute atomic E-state index is 13.0. The molecule has 3 aromatic rings. The van der Waals surface area contributed by atoms with Crippen LogP contribution in [0.1, 0.15) is 39.3 Å². The number of amides is 2. The summed E-state index contributed by atoms with van der Waals surface area (Å²) in [5.41, 5.74) is 8.25. The molecular formula is C24H25FN6O2. The molecule has 0 radical (unpaired) electrons. The standard InChI is InChI=1S/C24H25FN6O2/c25-18-8-6-15(7-9-18)12-29-23(32)17-4-1-3-16(11-17)20-14-28-22(26)21(31-20)24(33)30-19-5-2-10-27-13-19/h1,3-4,6-9,11,14,19,27H,2,5,10,12-13H2,(H2,26,28)(H,29,32)(H,30,33). The number of anilines is 1. The number of hydrogen-bond acceptors (Lipinski definition) is 6. The summed E-state index contributed by atoms with van der Waals surface area (Å²) in [5, 5.41) is 9.01. The zero-order chi connectivity index (χ0) is 23.2. The van der Waals surface area contributed by atoms with Crippen LogP contribution in [0.4, 0.5) is 10.2 Å². The van der Waals surface area contributed by atoms with Gasteiger partial charge in [-0.2, -0.15) is 0 Å². The molecule has 1 unspecified atom stereocenters. The minimum atomic E-state index is -0.372. The number of rotatable bonds is 6. The van der Waals surface area contributed by atoms with E-state index in [2.05, 4.69) is 25.9 Å². The van der Waals surface area contributed by atoms with Crippen LogP contribution in [-0.2, 0) is 6.54 Å². The molecule has 9 heteroatoms. The largest absolute Gasteiger partial charge is 0.382 e. The molecule has 2 heterocycles. The number of hydrogen-bond donors (Lipinski definition) is 4. The average Bonchev–Trinajstić information content (AvgIpc) is 2.84. The van der Waals surface area contributed by atoms with E-state index in [0.29, 0.717) is 23.4 Å². The monoisotopic (exact) mass is 448 g/mol. The number of benzene rings is 2. The fourth-order valence-corrected chi connectivity index (χ4v) is 3.64. The Balaban J connectivity index is 1.48. The molecule has 8 nitrogen and oxygen atoms in total. The van der Waals surface area contributed by atoms with Gasteiger partial charge in [0.15, 0.2) is 11.5 Å². The number of nitrogens with two attached hydrogens (primary N) is 1. The first-order valence-electron chi connectivity index (χ1n) is 10.8. The highest BCUT2D eigenvalue weighted by atomic mass is 19.1. The summed E-state index contributed by atoms with van der Waals surface area (Å²) in [6.45, 7) is 1.91. The van der Waals surface area contributed by atoms with Crippen molar-refractivity contribution < 1.29 is 14.0 Å². The van der Waals surface area contributed by atoms with E-state index in [9.17, 15) is 14.0 Å². The van der Waals surface area contributed by atoms with Gasteiger partial charge in [-0.05, 0) is 49.2 Å². The Hall–Kier alpha value is -3.85. The van der Waals surface area contributed by atoms with E-state index in [0.717, 1.165) is 24.9 Å². The number of carbonyl (C=O) groups excluding carboxylic acids is 2. The van der Waals surface area contributed by atoms with Gasteiger partial charge in [0.25, 0.3) is 11.8 Å². The molecule has 1 saturated heterocycles. The summed E-state index contributed by atoms with van der Waals surface area (Å²) in [6, 6.07) is 12.8. The smallest absolute Gasteiger partial charge is 0.274 e. The van der Waals surface area contributed by atoms with Crippen LogP contribution in [0.2, 0.25) is 0 Å². The van der Waals surface area contributed by atoms with E-state index in [4.69, 9.17) is 5.73 Å². The van der Waals surface area contributed by atoms with Crippen LogP contribution in [-0.4, -0.2) is 40.9 Å². The number of halogens is 1. The number of piperidine rings is 1. The van der Waals surface area contributed by atoms with Crippen LogP contribution < -0.4 is 21.7 Å². The van der Waals surface area contributed by atoms with Gasteiger partial charge in [-0.15, -0.1) is 0 Å². The maximum Gasteiger partial charge on any atom is 0.274 e. The molecule has 5 N–H and O–H groups in total. The summed E-state index contributed by atoms with van der Waals surface area (Å²) in [5.74, 6) is -0.935. The number of nitrogens with one attached hydrogen (secondary N) is 3. The molecule has 0 bridgehead atoms. The van der Waals surface area contributed by atoms with Crippen LogP contribution in [0.3, 0.4) is 0 Å². The normalized spacial score (nSPS) is 15.6. The van der Waals surface area contributed by atoms with Gasteiger partial charge >= 0.3 is 0 Å². The third kappa shape index (κ3) is 5.69. The molecule has 4 rings (SSSR count). The van der Waals surface area contributed by atoms with E-state index in [1.54, 1.807) is 36.4 Å². The molecule has 2 amide bonds. The molecule has 1 aliphatic heterocycles. The predicted molar refractivity (Wildman–Crippen MR) is 123 cm³/mol. The lowest BCUT2D eigenvalue weighted by molar-refractivity contribution is 0.0923. The van der Waals surface area contributed by atoms with Gasteiger partial charge in [-0.3, -0.25) is 9.59 Å². The van der Waals surface area contributed by atoms with E-state index in [1.807, 2.05) is 0 Å². The lowest BCUT2D eigenvalue weighted by Crippen LogP contribution is -2.46. The Morgan fingerprint density at radius 3 is 2.73 bits per heavy atom. The Kier molecular flexibility index (Phi) is 6.89. The molecule has 170 valence electrons.